The monoisotopic (exact) mass is 309 g/mol. The Labute approximate surface area is 127 Å². The van der Waals surface area contributed by atoms with Gasteiger partial charge in [0, 0.05) is 6.54 Å². The van der Waals surface area contributed by atoms with Crippen molar-refractivity contribution in [3.05, 3.63) is 0 Å². The second-order valence-electron chi connectivity index (χ2n) is 6.38. The summed E-state index contributed by atoms with van der Waals surface area (Å²) in [6, 6.07) is -1.43. The zero-order chi connectivity index (χ0) is 16.1. The van der Waals surface area contributed by atoms with E-state index in [1.54, 1.807) is 6.92 Å². The Morgan fingerprint density at radius 1 is 1.32 bits per heavy atom. The lowest BCUT2D eigenvalue weighted by molar-refractivity contribution is -0.149. The van der Waals surface area contributed by atoms with E-state index >= 15 is 0 Å². The van der Waals surface area contributed by atoms with Crippen molar-refractivity contribution in [1.29, 1.82) is 0 Å². The molecule has 2 aliphatic heterocycles. The third kappa shape index (κ3) is 2.22. The van der Waals surface area contributed by atoms with Crippen molar-refractivity contribution in [2.75, 3.05) is 13.1 Å². The number of urea groups is 1. The van der Waals surface area contributed by atoms with E-state index in [4.69, 9.17) is 5.11 Å². The normalized spacial score (nSPS) is 31.6. The Morgan fingerprint density at radius 3 is 2.59 bits per heavy atom. The number of carbonyl (C=O) groups is 4. The minimum Gasteiger partial charge on any atom is -0.480 e. The van der Waals surface area contributed by atoms with E-state index in [0.29, 0.717) is 19.4 Å². The number of rotatable bonds is 4. The summed E-state index contributed by atoms with van der Waals surface area (Å²) >= 11 is 0. The van der Waals surface area contributed by atoms with Crippen molar-refractivity contribution in [2.45, 2.75) is 44.2 Å². The first kappa shape index (κ1) is 14.8. The van der Waals surface area contributed by atoms with E-state index < -0.39 is 36.0 Å². The van der Waals surface area contributed by atoms with Crippen molar-refractivity contribution in [3.63, 3.8) is 0 Å². The summed E-state index contributed by atoms with van der Waals surface area (Å²) in [5, 5.41) is 11.8. The van der Waals surface area contributed by atoms with Crippen LogP contribution < -0.4 is 5.32 Å². The van der Waals surface area contributed by atoms with E-state index in [1.807, 2.05) is 0 Å². The van der Waals surface area contributed by atoms with Crippen LogP contribution in [0.2, 0.25) is 0 Å². The van der Waals surface area contributed by atoms with Gasteiger partial charge in [-0.05, 0) is 38.5 Å². The molecule has 3 rings (SSSR count). The smallest absolute Gasteiger partial charge is 0.326 e. The van der Waals surface area contributed by atoms with Crippen LogP contribution in [0.1, 0.15) is 32.6 Å². The van der Waals surface area contributed by atoms with Crippen molar-refractivity contribution < 1.29 is 24.3 Å². The fraction of sp³-hybridized carbons (Fsp3) is 0.714. The second-order valence-corrected chi connectivity index (χ2v) is 6.38. The molecular formula is C14H19N3O5. The van der Waals surface area contributed by atoms with Crippen LogP contribution in [-0.2, 0) is 14.4 Å². The Hall–Kier alpha value is -2.12. The van der Waals surface area contributed by atoms with E-state index in [1.165, 1.54) is 4.90 Å². The first-order valence-corrected chi connectivity index (χ1v) is 7.51. The Morgan fingerprint density at radius 2 is 2.00 bits per heavy atom. The van der Waals surface area contributed by atoms with Gasteiger partial charge in [0.1, 0.15) is 18.1 Å². The fourth-order valence-electron chi connectivity index (χ4n) is 3.34. The number of carboxylic acids is 1. The van der Waals surface area contributed by atoms with Crippen LogP contribution in [0, 0.1) is 5.92 Å². The van der Waals surface area contributed by atoms with Gasteiger partial charge in [-0.2, -0.15) is 0 Å². The zero-order valence-electron chi connectivity index (χ0n) is 12.4. The maximum atomic E-state index is 12.4. The number of hydrogen-bond donors (Lipinski definition) is 2. The maximum Gasteiger partial charge on any atom is 0.326 e. The Bertz CT molecular complexity index is 559. The Kier molecular flexibility index (Phi) is 3.34. The van der Waals surface area contributed by atoms with Crippen molar-refractivity contribution in [2.24, 2.45) is 5.92 Å². The van der Waals surface area contributed by atoms with Gasteiger partial charge >= 0.3 is 12.0 Å². The largest absolute Gasteiger partial charge is 0.480 e. The van der Waals surface area contributed by atoms with Crippen LogP contribution in [0.15, 0.2) is 0 Å². The molecule has 22 heavy (non-hydrogen) atoms. The standard InChI is InChI=1S/C14H19N3O5/c1-14(8-4-5-8)12(21)17(13(22)15-14)7-10(18)16-6-2-3-9(16)11(19)20/h8-9H,2-7H2,1H3,(H,15,22)(H,19,20)/t9-,14-/m1/s1. The first-order chi connectivity index (χ1) is 10.3. The van der Waals surface area contributed by atoms with Gasteiger partial charge in [0.25, 0.3) is 5.91 Å². The molecule has 2 saturated heterocycles. The molecule has 0 bridgehead atoms. The molecule has 0 aromatic carbocycles. The molecule has 0 aromatic heterocycles. The highest BCUT2D eigenvalue weighted by molar-refractivity contribution is 6.09. The van der Waals surface area contributed by atoms with Crippen molar-refractivity contribution >= 4 is 23.8 Å². The summed E-state index contributed by atoms with van der Waals surface area (Å²) in [5.41, 5.74) is -0.922. The summed E-state index contributed by atoms with van der Waals surface area (Å²) in [5.74, 6) is -1.80. The lowest BCUT2D eigenvalue weighted by Gasteiger charge is -2.24. The molecule has 0 spiro atoms. The molecule has 1 aliphatic carbocycles. The van der Waals surface area contributed by atoms with Gasteiger partial charge in [-0.15, -0.1) is 0 Å². The highest BCUT2D eigenvalue weighted by Crippen LogP contribution is 2.42. The number of nitrogens with one attached hydrogen (secondary N) is 1. The highest BCUT2D eigenvalue weighted by atomic mass is 16.4. The fourth-order valence-corrected chi connectivity index (χ4v) is 3.34. The first-order valence-electron chi connectivity index (χ1n) is 7.51. The van der Waals surface area contributed by atoms with Crippen LogP contribution in [0.4, 0.5) is 4.79 Å². The molecule has 120 valence electrons. The number of likely N-dealkylation sites (tertiary alicyclic amines) is 1. The number of aliphatic carboxylic acids is 1. The van der Waals surface area contributed by atoms with Crippen molar-refractivity contribution in [3.8, 4) is 0 Å². The summed E-state index contributed by atoms with van der Waals surface area (Å²) < 4.78 is 0. The van der Waals surface area contributed by atoms with Gasteiger partial charge in [0.2, 0.25) is 5.91 Å². The molecule has 0 radical (unpaired) electrons. The number of imide groups is 1. The van der Waals surface area contributed by atoms with Gasteiger partial charge in [-0.1, -0.05) is 0 Å². The molecule has 2 atom stereocenters. The number of carbonyl (C=O) groups excluding carboxylic acids is 3. The quantitative estimate of drug-likeness (QED) is 0.698. The molecule has 0 unspecified atom stereocenters. The maximum absolute atomic E-state index is 12.4. The van der Waals surface area contributed by atoms with E-state index in [0.717, 1.165) is 17.7 Å². The minimum absolute atomic E-state index is 0.127. The Balaban J connectivity index is 1.70. The number of carboxylic acid groups (broad SMARTS) is 1. The predicted molar refractivity (Wildman–Crippen MR) is 73.7 cm³/mol. The molecular weight excluding hydrogens is 290 g/mol. The summed E-state index contributed by atoms with van der Waals surface area (Å²) in [6.45, 7) is 1.64. The van der Waals surface area contributed by atoms with Gasteiger partial charge < -0.3 is 15.3 Å². The number of hydrogen-bond acceptors (Lipinski definition) is 4. The van der Waals surface area contributed by atoms with E-state index in [9.17, 15) is 19.2 Å². The van der Waals surface area contributed by atoms with E-state index in [2.05, 4.69) is 5.32 Å². The lowest BCUT2D eigenvalue weighted by atomic mass is 9.96. The summed E-state index contributed by atoms with van der Waals surface area (Å²) in [4.78, 5) is 50.0. The predicted octanol–water partition coefficient (Wildman–Crippen LogP) is -0.217. The van der Waals surface area contributed by atoms with Gasteiger partial charge in [0.15, 0.2) is 0 Å². The summed E-state index contributed by atoms with van der Waals surface area (Å²) in [6.07, 6.45) is 2.79. The molecule has 2 N–H and O–H groups in total. The molecule has 1 saturated carbocycles. The third-order valence-corrected chi connectivity index (χ3v) is 4.85. The molecule has 4 amide bonds. The topological polar surface area (TPSA) is 107 Å². The number of amides is 4. The lowest BCUT2D eigenvalue weighted by Crippen LogP contribution is -2.48. The van der Waals surface area contributed by atoms with Gasteiger partial charge in [0.05, 0.1) is 0 Å². The van der Waals surface area contributed by atoms with Crippen molar-refractivity contribution in [1.82, 2.24) is 15.1 Å². The van der Waals surface area contributed by atoms with Crippen LogP contribution in [0.3, 0.4) is 0 Å². The zero-order valence-corrected chi connectivity index (χ0v) is 12.4. The minimum atomic E-state index is -1.05. The second kappa shape index (κ2) is 4.96. The van der Waals surface area contributed by atoms with Gasteiger partial charge in [-0.3, -0.25) is 14.5 Å². The molecule has 0 aromatic rings. The molecule has 8 heteroatoms. The number of nitrogens with zero attached hydrogens (tertiary/aromatic N) is 2. The average Bonchev–Trinajstić information content (AvgIpc) is 3.15. The van der Waals surface area contributed by atoms with Crippen LogP contribution in [0.5, 0.6) is 0 Å². The van der Waals surface area contributed by atoms with Crippen LogP contribution >= 0.6 is 0 Å². The SMILES string of the molecule is C[C@]1(C2CC2)NC(=O)N(CC(=O)N2CCC[C@@H]2C(=O)O)C1=O. The summed E-state index contributed by atoms with van der Waals surface area (Å²) in [7, 11) is 0. The van der Waals surface area contributed by atoms with Crippen LogP contribution in [-0.4, -0.2) is 63.4 Å². The molecule has 3 aliphatic rings. The van der Waals surface area contributed by atoms with Crippen LogP contribution in [0.25, 0.3) is 0 Å². The molecule has 8 nitrogen and oxygen atoms in total. The highest BCUT2D eigenvalue weighted by Gasteiger charge is 2.56. The average molecular weight is 309 g/mol. The molecule has 2 heterocycles. The van der Waals surface area contributed by atoms with E-state index in [-0.39, 0.29) is 11.8 Å². The third-order valence-electron chi connectivity index (χ3n) is 4.85. The molecule has 3 fully saturated rings. The van der Waals surface area contributed by atoms with Gasteiger partial charge in [-0.25, -0.2) is 9.59 Å².